The molecule has 1 saturated heterocycles. The van der Waals surface area contributed by atoms with E-state index in [1.54, 1.807) is 41.3 Å². The lowest BCUT2D eigenvalue weighted by atomic mass is 10.1. The first-order chi connectivity index (χ1) is 18.2. The maximum atomic E-state index is 12.7. The number of benzene rings is 2. The number of carbonyl (C=O) groups excluding carboxylic acids is 2. The van der Waals surface area contributed by atoms with Crippen LogP contribution in [0.2, 0.25) is 18.1 Å². The second kappa shape index (κ2) is 12.6. The third-order valence-corrected chi connectivity index (χ3v) is 11.7. The van der Waals surface area contributed by atoms with E-state index in [-0.39, 0.29) is 36.5 Å². The highest BCUT2D eigenvalue weighted by atomic mass is 28.4. The Kier molecular flexibility index (Phi) is 9.76. The van der Waals surface area contributed by atoms with E-state index in [9.17, 15) is 19.5 Å². The molecule has 0 unspecified atom stereocenters. The molecule has 0 saturated carbocycles. The fourth-order valence-electron chi connectivity index (χ4n) is 3.81. The molecule has 2 aromatic carbocycles. The quantitative estimate of drug-likeness (QED) is 0.329. The van der Waals surface area contributed by atoms with Crippen molar-refractivity contribution in [2.45, 2.75) is 64.2 Å². The number of rotatable bonds is 10. The number of nitrogens with zero attached hydrogens (tertiary/aromatic N) is 1. The van der Waals surface area contributed by atoms with Crippen LogP contribution in [0.5, 0.6) is 5.75 Å². The molecule has 0 aliphatic carbocycles. The van der Waals surface area contributed by atoms with Gasteiger partial charge in [-0.1, -0.05) is 45.0 Å². The number of carboxylic acid groups (broad SMARTS) is 1. The van der Waals surface area contributed by atoms with E-state index in [4.69, 9.17) is 14.3 Å². The number of likely N-dealkylation sites (tertiary alicyclic amines) is 1. The highest BCUT2D eigenvalue weighted by Gasteiger charge is 2.44. The summed E-state index contributed by atoms with van der Waals surface area (Å²) in [7, 11) is -2.07. The van der Waals surface area contributed by atoms with Gasteiger partial charge < -0.3 is 34.9 Å². The molecule has 0 bridgehead atoms. The van der Waals surface area contributed by atoms with Gasteiger partial charge in [-0.15, -0.1) is 0 Å². The van der Waals surface area contributed by atoms with Crippen molar-refractivity contribution in [2.75, 3.05) is 19.7 Å². The fourth-order valence-corrected chi connectivity index (χ4v) is 5.15. The standard InChI is InChI=1S/C28H39N3O7Si/c1-28(2,3)39(4,5)38-24-17-31(16-23(24)32)25(33)18-37-22-12-8-20(9-13-22)14-29-26(34)21-10-6-19(7-11-21)15-30-27(35)36/h6-13,23-24,30,32H,14-18H2,1-5H3,(H,29,34)(H,35,36)/t23-,24-/m1/s1. The van der Waals surface area contributed by atoms with Crippen molar-refractivity contribution in [3.8, 4) is 5.75 Å². The third-order valence-electron chi connectivity index (χ3n) is 7.24. The number of ether oxygens (including phenoxy) is 1. The van der Waals surface area contributed by atoms with E-state index in [2.05, 4.69) is 44.5 Å². The average Bonchev–Trinajstić information content (AvgIpc) is 3.24. The largest absolute Gasteiger partial charge is 0.484 e. The summed E-state index contributed by atoms with van der Waals surface area (Å²) in [6, 6.07) is 13.8. The Balaban J connectivity index is 1.43. The lowest BCUT2D eigenvalue weighted by molar-refractivity contribution is -0.132. The van der Waals surface area contributed by atoms with Crippen LogP contribution in [0.4, 0.5) is 4.79 Å². The summed E-state index contributed by atoms with van der Waals surface area (Å²) in [6.45, 7) is 11.6. The Bertz CT molecular complexity index is 1150. The number of nitrogens with one attached hydrogen (secondary N) is 2. The molecule has 3 rings (SSSR count). The molecule has 2 aromatic rings. The van der Waals surface area contributed by atoms with Gasteiger partial charge in [0.1, 0.15) is 5.75 Å². The Morgan fingerprint density at radius 2 is 1.51 bits per heavy atom. The molecule has 1 aliphatic rings. The van der Waals surface area contributed by atoms with Crippen molar-refractivity contribution in [1.29, 1.82) is 0 Å². The normalized spacial score (nSPS) is 17.5. The lowest BCUT2D eigenvalue weighted by Gasteiger charge is -2.38. The van der Waals surface area contributed by atoms with E-state index in [0.717, 1.165) is 11.1 Å². The van der Waals surface area contributed by atoms with Crippen LogP contribution in [0.25, 0.3) is 0 Å². The Labute approximate surface area is 230 Å². The van der Waals surface area contributed by atoms with Gasteiger partial charge in [-0.2, -0.15) is 0 Å². The molecule has 2 atom stereocenters. The molecule has 11 heteroatoms. The minimum atomic E-state index is -2.07. The predicted molar refractivity (Wildman–Crippen MR) is 149 cm³/mol. The van der Waals surface area contributed by atoms with Gasteiger partial charge in [0.15, 0.2) is 14.9 Å². The zero-order valence-electron chi connectivity index (χ0n) is 23.2. The van der Waals surface area contributed by atoms with Crippen LogP contribution in [-0.4, -0.2) is 73.2 Å². The van der Waals surface area contributed by atoms with Gasteiger partial charge in [-0.25, -0.2) is 4.79 Å². The van der Waals surface area contributed by atoms with Crippen molar-refractivity contribution in [1.82, 2.24) is 15.5 Å². The van der Waals surface area contributed by atoms with Crippen LogP contribution in [0.1, 0.15) is 42.3 Å². The van der Waals surface area contributed by atoms with Crippen molar-refractivity contribution in [2.24, 2.45) is 0 Å². The molecular weight excluding hydrogens is 518 g/mol. The van der Waals surface area contributed by atoms with Gasteiger partial charge in [0.25, 0.3) is 11.8 Å². The number of hydrogen-bond donors (Lipinski definition) is 4. The molecule has 1 aliphatic heterocycles. The minimum absolute atomic E-state index is 0.0102. The van der Waals surface area contributed by atoms with E-state index in [1.165, 1.54) is 0 Å². The van der Waals surface area contributed by atoms with Crippen molar-refractivity contribution in [3.05, 3.63) is 65.2 Å². The van der Waals surface area contributed by atoms with Crippen molar-refractivity contribution >= 4 is 26.2 Å². The molecule has 212 valence electrons. The Hall–Kier alpha value is -3.41. The molecular formula is C28H39N3O7Si. The topological polar surface area (TPSA) is 137 Å². The minimum Gasteiger partial charge on any atom is -0.484 e. The van der Waals surface area contributed by atoms with Crippen LogP contribution < -0.4 is 15.4 Å². The van der Waals surface area contributed by atoms with Crippen molar-refractivity contribution in [3.63, 3.8) is 0 Å². The van der Waals surface area contributed by atoms with Gasteiger partial charge in [-0.05, 0) is 53.5 Å². The maximum absolute atomic E-state index is 12.7. The number of β-amino-alcohol motifs (C(OH)–C–C–N with tert-alkyl or cyclic N) is 1. The number of carbonyl (C=O) groups is 3. The summed E-state index contributed by atoms with van der Waals surface area (Å²) in [4.78, 5) is 37.3. The number of amides is 3. The molecule has 39 heavy (non-hydrogen) atoms. The first-order valence-corrected chi connectivity index (χ1v) is 15.9. The third kappa shape index (κ3) is 8.54. The number of hydrogen-bond acceptors (Lipinski definition) is 6. The highest BCUT2D eigenvalue weighted by Crippen LogP contribution is 2.38. The lowest BCUT2D eigenvalue weighted by Crippen LogP contribution is -2.47. The van der Waals surface area contributed by atoms with Crippen LogP contribution in [0.3, 0.4) is 0 Å². The second-order valence-corrected chi connectivity index (χ2v) is 16.0. The van der Waals surface area contributed by atoms with Crippen LogP contribution >= 0.6 is 0 Å². The van der Waals surface area contributed by atoms with E-state index in [1.807, 2.05) is 12.1 Å². The average molecular weight is 558 g/mol. The van der Waals surface area contributed by atoms with E-state index >= 15 is 0 Å². The van der Waals surface area contributed by atoms with Crippen LogP contribution in [0.15, 0.2) is 48.5 Å². The molecule has 0 radical (unpaired) electrons. The Morgan fingerprint density at radius 3 is 2.08 bits per heavy atom. The van der Waals surface area contributed by atoms with Crippen LogP contribution in [0, 0.1) is 0 Å². The van der Waals surface area contributed by atoms with Gasteiger partial charge in [0.05, 0.1) is 12.2 Å². The number of aliphatic hydroxyl groups excluding tert-OH is 1. The number of aliphatic hydroxyl groups is 1. The van der Waals surface area contributed by atoms with Crippen molar-refractivity contribution < 1.29 is 33.8 Å². The zero-order valence-corrected chi connectivity index (χ0v) is 24.2. The summed E-state index contributed by atoms with van der Waals surface area (Å²) in [6.07, 6.45) is -2.22. The SMILES string of the molecule is CC(C)(C)[Si](C)(C)O[C@@H]1CN(C(=O)COc2ccc(CNC(=O)c3ccc(CNC(=O)O)cc3)cc2)C[C@H]1O. The summed E-state index contributed by atoms with van der Waals surface area (Å²) in [5.41, 5.74) is 2.08. The smallest absolute Gasteiger partial charge is 0.404 e. The molecule has 4 N–H and O–H groups in total. The predicted octanol–water partition coefficient (Wildman–Crippen LogP) is 3.36. The maximum Gasteiger partial charge on any atom is 0.404 e. The molecule has 1 heterocycles. The first kappa shape index (κ1) is 30.1. The summed E-state index contributed by atoms with van der Waals surface area (Å²) < 4.78 is 12.0. The fraction of sp³-hybridized carbons (Fsp3) is 0.464. The highest BCUT2D eigenvalue weighted by molar-refractivity contribution is 6.74. The second-order valence-electron chi connectivity index (χ2n) is 11.3. The van der Waals surface area contributed by atoms with Crippen LogP contribution in [-0.2, 0) is 22.3 Å². The monoisotopic (exact) mass is 557 g/mol. The zero-order chi connectivity index (χ0) is 28.8. The molecule has 0 aromatic heterocycles. The molecule has 3 amide bonds. The van der Waals surface area contributed by atoms with E-state index in [0.29, 0.717) is 24.4 Å². The Morgan fingerprint density at radius 1 is 0.949 bits per heavy atom. The summed E-state index contributed by atoms with van der Waals surface area (Å²) >= 11 is 0. The van der Waals surface area contributed by atoms with Gasteiger partial charge >= 0.3 is 6.09 Å². The van der Waals surface area contributed by atoms with Gasteiger partial charge in [-0.3, -0.25) is 9.59 Å². The molecule has 1 fully saturated rings. The summed E-state index contributed by atoms with van der Waals surface area (Å²) in [5.74, 6) is 0.0663. The summed E-state index contributed by atoms with van der Waals surface area (Å²) in [5, 5.41) is 24.3. The van der Waals surface area contributed by atoms with Gasteiger partial charge in [0.2, 0.25) is 0 Å². The molecule has 0 spiro atoms. The first-order valence-electron chi connectivity index (χ1n) is 12.9. The molecule has 10 nitrogen and oxygen atoms in total. The van der Waals surface area contributed by atoms with E-state index < -0.39 is 26.6 Å². The van der Waals surface area contributed by atoms with Gasteiger partial charge in [0, 0.05) is 31.7 Å².